The van der Waals surface area contributed by atoms with Gasteiger partial charge >= 0.3 is 0 Å². The van der Waals surface area contributed by atoms with Crippen molar-refractivity contribution in [2.45, 2.75) is 57.5 Å². The average molecular weight is 443 g/mol. The van der Waals surface area contributed by atoms with Crippen LogP contribution in [0.25, 0.3) is 0 Å². The minimum atomic E-state index is -0.491. The van der Waals surface area contributed by atoms with E-state index in [1.165, 1.54) is 5.56 Å². The van der Waals surface area contributed by atoms with Crippen molar-refractivity contribution < 1.29 is 14.3 Å². The van der Waals surface area contributed by atoms with Crippen LogP contribution < -0.4 is 10.1 Å². The molecule has 2 aromatic rings. The summed E-state index contributed by atoms with van der Waals surface area (Å²) in [4.78, 5) is 28.9. The standard InChI is InChI=1S/C25H34N2O3S/c1-5-15-26-25(29)23(6-2)27(18-20-8-7-9-21(17-20)30-4)24(28)14-16-31-22-12-10-19(3)11-13-22/h7-13,17,23H,5-6,14-16,18H2,1-4H3,(H,26,29)/t23-/m0/s1. The average Bonchev–Trinajstić information content (AvgIpc) is 2.78. The number of hydrogen-bond acceptors (Lipinski definition) is 4. The molecule has 0 fully saturated rings. The van der Waals surface area contributed by atoms with Crippen LogP contribution in [0.15, 0.2) is 53.4 Å². The molecule has 0 saturated carbocycles. The molecule has 0 aliphatic rings. The van der Waals surface area contributed by atoms with Crippen molar-refractivity contribution in [2.75, 3.05) is 19.4 Å². The van der Waals surface area contributed by atoms with Crippen LogP contribution in [0.5, 0.6) is 5.75 Å². The predicted molar refractivity (Wildman–Crippen MR) is 127 cm³/mol. The van der Waals surface area contributed by atoms with Crippen LogP contribution in [-0.4, -0.2) is 42.2 Å². The van der Waals surface area contributed by atoms with Crippen LogP contribution in [0.3, 0.4) is 0 Å². The van der Waals surface area contributed by atoms with E-state index in [9.17, 15) is 9.59 Å². The maximum atomic E-state index is 13.2. The zero-order valence-electron chi connectivity index (χ0n) is 19.0. The number of nitrogens with zero attached hydrogens (tertiary/aromatic N) is 1. The van der Waals surface area contributed by atoms with E-state index in [-0.39, 0.29) is 11.8 Å². The lowest BCUT2D eigenvalue weighted by Gasteiger charge is -2.30. The van der Waals surface area contributed by atoms with Crippen molar-refractivity contribution in [3.63, 3.8) is 0 Å². The molecule has 2 amide bonds. The molecule has 0 aliphatic heterocycles. The number of benzene rings is 2. The van der Waals surface area contributed by atoms with Gasteiger partial charge in [-0.15, -0.1) is 11.8 Å². The zero-order valence-corrected chi connectivity index (χ0v) is 19.8. The van der Waals surface area contributed by atoms with E-state index < -0.39 is 6.04 Å². The smallest absolute Gasteiger partial charge is 0.242 e. The van der Waals surface area contributed by atoms with E-state index >= 15 is 0 Å². The molecule has 2 aromatic carbocycles. The Morgan fingerprint density at radius 3 is 2.52 bits per heavy atom. The van der Waals surface area contributed by atoms with E-state index in [0.29, 0.717) is 31.7 Å². The van der Waals surface area contributed by atoms with Gasteiger partial charge in [-0.25, -0.2) is 0 Å². The molecule has 0 heterocycles. The van der Waals surface area contributed by atoms with Crippen LogP contribution in [-0.2, 0) is 16.1 Å². The van der Waals surface area contributed by atoms with Crippen molar-refractivity contribution in [1.82, 2.24) is 10.2 Å². The number of hydrogen-bond donors (Lipinski definition) is 1. The molecular formula is C25H34N2O3S. The molecular weight excluding hydrogens is 408 g/mol. The summed E-state index contributed by atoms with van der Waals surface area (Å²) in [6.45, 7) is 7.01. The van der Waals surface area contributed by atoms with Crippen molar-refractivity contribution in [1.29, 1.82) is 0 Å². The number of rotatable bonds is 12. The maximum Gasteiger partial charge on any atom is 0.242 e. The fraction of sp³-hybridized carbons (Fsp3) is 0.440. The first-order chi connectivity index (χ1) is 15.0. The van der Waals surface area contributed by atoms with E-state index in [1.807, 2.05) is 38.1 Å². The van der Waals surface area contributed by atoms with Gasteiger partial charge in [0.1, 0.15) is 11.8 Å². The third kappa shape index (κ3) is 7.94. The molecule has 5 nitrogen and oxygen atoms in total. The van der Waals surface area contributed by atoms with Gasteiger partial charge in [0.15, 0.2) is 0 Å². The number of methoxy groups -OCH3 is 1. The fourth-order valence-corrected chi connectivity index (χ4v) is 4.13. The van der Waals surface area contributed by atoms with Gasteiger partial charge in [0.25, 0.3) is 0 Å². The normalized spacial score (nSPS) is 11.6. The second-order valence-electron chi connectivity index (χ2n) is 7.50. The predicted octanol–water partition coefficient (Wildman–Crippen LogP) is 4.82. The number of nitrogens with one attached hydrogen (secondary N) is 1. The highest BCUT2D eigenvalue weighted by atomic mass is 32.2. The second-order valence-corrected chi connectivity index (χ2v) is 8.67. The topological polar surface area (TPSA) is 58.6 Å². The van der Waals surface area contributed by atoms with Gasteiger partial charge in [0, 0.05) is 30.2 Å². The third-order valence-electron chi connectivity index (χ3n) is 5.03. The molecule has 0 spiro atoms. The summed E-state index contributed by atoms with van der Waals surface area (Å²) < 4.78 is 5.32. The highest BCUT2D eigenvalue weighted by molar-refractivity contribution is 7.99. The highest BCUT2D eigenvalue weighted by Gasteiger charge is 2.28. The molecule has 6 heteroatoms. The second kappa shape index (κ2) is 13.1. The highest BCUT2D eigenvalue weighted by Crippen LogP contribution is 2.22. The van der Waals surface area contributed by atoms with Crippen molar-refractivity contribution in [2.24, 2.45) is 0 Å². The Bertz CT molecular complexity index is 839. The molecule has 0 unspecified atom stereocenters. The summed E-state index contributed by atoms with van der Waals surface area (Å²) in [5.41, 5.74) is 2.16. The van der Waals surface area contributed by atoms with Gasteiger partial charge in [-0.3, -0.25) is 9.59 Å². The first-order valence-electron chi connectivity index (χ1n) is 10.9. The van der Waals surface area contributed by atoms with Crippen molar-refractivity contribution >= 4 is 23.6 Å². The van der Waals surface area contributed by atoms with Crippen molar-refractivity contribution in [3.05, 3.63) is 59.7 Å². The van der Waals surface area contributed by atoms with E-state index in [2.05, 4.69) is 36.5 Å². The van der Waals surface area contributed by atoms with Gasteiger partial charge in [-0.2, -0.15) is 0 Å². The molecule has 0 saturated heterocycles. The summed E-state index contributed by atoms with van der Waals surface area (Å²) in [5, 5.41) is 2.95. The first-order valence-corrected chi connectivity index (χ1v) is 11.9. The number of aryl methyl sites for hydroxylation is 1. The third-order valence-corrected chi connectivity index (χ3v) is 6.04. The fourth-order valence-electron chi connectivity index (χ4n) is 3.29. The maximum absolute atomic E-state index is 13.2. The largest absolute Gasteiger partial charge is 0.497 e. The minimum absolute atomic E-state index is 0.0130. The summed E-state index contributed by atoms with van der Waals surface area (Å²) >= 11 is 1.66. The lowest BCUT2D eigenvalue weighted by molar-refractivity contribution is -0.141. The molecule has 168 valence electrons. The van der Waals surface area contributed by atoms with Gasteiger partial charge in [-0.1, -0.05) is 43.7 Å². The van der Waals surface area contributed by atoms with Gasteiger partial charge in [-0.05, 0) is 49.6 Å². The molecule has 1 N–H and O–H groups in total. The molecule has 31 heavy (non-hydrogen) atoms. The Morgan fingerprint density at radius 2 is 1.87 bits per heavy atom. The molecule has 1 atom stereocenters. The van der Waals surface area contributed by atoms with E-state index in [4.69, 9.17) is 4.74 Å². The number of ether oxygens (including phenoxy) is 1. The molecule has 0 radical (unpaired) electrons. The van der Waals surface area contributed by atoms with Gasteiger partial charge < -0.3 is 15.0 Å². The lowest BCUT2D eigenvalue weighted by Crippen LogP contribution is -2.49. The summed E-state index contributed by atoms with van der Waals surface area (Å²) in [6.07, 6.45) is 1.80. The Balaban J connectivity index is 2.12. The van der Waals surface area contributed by atoms with Crippen LogP contribution in [0.2, 0.25) is 0 Å². The Kier molecular flexibility index (Phi) is 10.4. The van der Waals surface area contributed by atoms with Gasteiger partial charge in [0.2, 0.25) is 11.8 Å². The monoisotopic (exact) mass is 442 g/mol. The number of carbonyl (C=O) groups excluding carboxylic acids is 2. The Morgan fingerprint density at radius 1 is 1.13 bits per heavy atom. The van der Waals surface area contributed by atoms with Gasteiger partial charge in [0.05, 0.1) is 7.11 Å². The quantitative estimate of drug-likeness (QED) is 0.479. The summed E-state index contributed by atoms with van der Waals surface area (Å²) in [6, 6.07) is 15.5. The van der Waals surface area contributed by atoms with E-state index in [1.54, 1.807) is 23.8 Å². The number of carbonyl (C=O) groups is 2. The molecule has 0 aromatic heterocycles. The van der Waals surface area contributed by atoms with Crippen LogP contribution in [0.4, 0.5) is 0 Å². The van der Waals surface area contributed by atoms with Crippen molar-refractivity contribution in [3.8, 4) is 5.75 Å². The summed E-state index contributed by atoms with van der Waals surface area (Å²) in [5.74, 6) is 1.31. The molecule has 0 aliphatic carbocycles. The molecule has 2 rings (SSSR count). The lowest BCUT2D eigenvalue weighted by atomic mass is 10.1. The van der Waals surface area contributed by atoms with Crippen LogP contribution in [0.1, 0.15) is 44.2 Å². The number of thioether (sulfide) groups is 1. The van der Waals surface area contributed by atoms with Crippen LogP contribution >= 0.6 is 11.8 Å². The zero-order chi connectivity index (χ0) is 22.6. The van der Waals surface area contributed by atoms with E-state index in [0.717, 1.165) is 22.6 Å². The molecule has 0 bridgehead atoms. The Labute approximate surface area is 190 Å². The first kappa shape index (κ1) is 24.8. The summed E-state index contributed by atoms with van der Waals surface area (Å²) in [7, 11) is 1.62. The SMILES string of the molecule is CCCNC(=O)[C@H](CC)N(Cc1cccc(OC)c1)C(=O)CCSc1ccc(C)cc1. The Hall–Kier alpha value is -2.47. The minimum Gasteiger partial charge on any atom is -0.497 e. The van der Waals surface area contributed by atoms with Crippen LogP contribution in [0, 0.1) is 6.92 Å². The number of amides is 2.